The van der Waals surface area contributed by atoms with E-state index in [9.17, 15) is 50.1 Å². The molecule has 0 fully saturated rings. The van der Waals surface area contributed by atoms with E-state index in [1.54, 1.807) is 67.6 Å². The zero-order chi connectivity index (χ0) is 50.6. The Hall–Kier alpha value is -5.50. The fourth-order valence-electron chi connectivity index (χ4n) is 8.29. The lowest BCUT2D eigenvalue weighted by molar-refractivity contribution is -0.162. The topological polar surface area (TPSA) is 393 Å². The molecule has 2 unspecified atom stereocenters. The molecule has 6 rings (SSSR count). The van der Waals surface area contributed by atoms with Gasteiger partial charge in [0.15, 0.2) is 11.4 Å². The highest BCUT2D eigenvalue weighted by Gasteiger charge is 2.67. The molecule has 0 saturated carbocycles. The van der Waals surface area contributed by atoms with Gasteiger partial charge in [-0.25, -0.2) is 0 Å². The first kappa shape index (κ1) is 58.6. The van der Waals surface area contributed by atoms with E-state index in [1.807, 2.05) is 0 Å². The quantitative estimate of drug-likeness (QED) is 0.0622. The molecular formula is C46H66N4O17S. The maximum atomic E-state index is 13.3. The smallest absolute Gasteiger partial charge is 0.394 e. The number of rotatable bonds is 14. The molecule has 0 aromatic heterocycles. The van der Waals surface area contributed by atoms with Gasteiger partial charge in [0.05, 0.1) is 35.8 Å². The number of nitrogens with one attached hydrogen (secondary N) is 2. The van der Waals surface area contributed by atoms with Crippen molar-refractivity contribution < 1.29 is 83.3 Å². The minimum absolute atomic E-state index is 0. The number of ketones is 2. The fraction of sp³-hybridized carbons (Fsp3) is 0.457. The van der Waals surface area contributed by atoms with Crippen molar-refractivity contribution in [1.29, 1.82) is 0 Å². The second-order valence-corrected chi connectivity index (χ2v) is 17.5. The standard InChI is InChI=1S/C22H24N2O8.2C12H19NO2.H2O4S.H2O/c1-7-8-5-4-6-9(25)11(8)16(26)12-10(7)17(27)14-15(24(2)3)18(28)13(21(23)31)20(30)22(14,32)19(12)29;2*1-2-3-8-13-9-12(15)10-4-6-11(14)7-5-10;1-5(2,3)4;/h4-7,10,14-15,17,25,27-29,32H,1-3H3,(H2,23,31);2*4-7,12-15H,2-3,8-9H2,1H3;(H2,1,2,3,4);1H2/t7-,10+,14+,15-,17-,22-;;;;/m0..../s1. The van der Waals surface area contributed by atoms with Crippen LogP contribution in [0.25, 0.3) is 0 Å². The van der Waals surface area contributed by atoms with E-state index in [4.69, 9.17) is 33.5 Å². The van der Waals surface area contributed by atoms with Crippen LogP contribution < -0.4 is 16.4 Å². The highest BCUT2D eigenvalue weighted by molar-refractivity contribution is 7.79. The van der Waals surface area contributed by atoms with Gasteiger partial charge in [0.2, 0.25) is 5.78 Å². The Bertz CT molecular complexity index is 2270. The van der Waals surface area contributed by atoms with Crippen LogP contribution in [0.2, 0.25) is 0 Å². The summed E-state index contributed by atoms with van der Waals surface area (Å²) in [5, 5.41) is 99.1. The molecule has 0 saturated heterocycles. The van der Waals surface area contributed by atoms with Gasteiger partial charge in [0, 0.05) is 24.6 Å². The van der Waals surface area contributed by atoms with Crippen LogP contribution in [0.15, 0.2) is 89.4 Å². The third-order valence-corrected chi connectivity index (χ3v) is 11.6. The van der Waals surface area contributed by atoms with Crippen LogP contribution in [0.4, 0.5) is 0 Å². The Morgan fingerprint density at radius 1 is 0.809 bits per heavy atom. The van der Waals surface area contributed by atoms with Crippen molar-refractivity contribution in [1.82, 2.24) is 15.5 Å². The second kappa shape index (κ2) is 25.7. The van der Waals surface area contributed by atoms with Gasteiger partial charge in [0.1, 0.15) is 34.3 Å². The van der Waals surface area contributed by atoms with Crippen LogP contribution >= 0.6 is 0 Å². The van der Waals surface area contributed by atoms with Crippen molar-refractivity contribution in [3.63, 3.8) is 0 Å². The van der Waals surface area contributed by atoms with Crippen molar-refractivity contribution in [2.75, 3.05) is 40.3 Å². The molecule has 17 N–H and O–H groups in total. The number of fused-ring (bicyclic) bond motifs is 3. The van der Waals surface area contributed by atoms with Crippen molar-refractivity contribution in [2.24, 2.45) is 17.6 Å². The number of phenolic OH excluding ortho intramolecular Hbond substituents is 3. The summed E-state index contributed by atoms with van der Waals surface area (Å²) >= 11 is 0. The van der Waals surface area contributed by atoms with E-state index in [2.05, 4.69) is 24.5 Å². The fourth-order valence-corrected chi connectivity index (χ4v) is 8.29. The third-order valence-electron chi connectivity index (χ3n) is 11.6. The predicted octanol–water partition coefficient (Wildman–Crippen LogP) is 1.81. The number of primary amides is 1. The van der Waals surface area contributed by atoms with Crippen molar-refractivity contribution in [3.05, 3.63) is 112 Å². The molecule has 0 radical (unpaired) electrons. The summed E-state index contributed by atoms with van der Waals surface area (Å²) in [6.07, 6.45) is 1.98. The first-order valence-corrected chi connectivity index (χ1v) is 22.9. The summed E-state index contributed by atoms with van der Waals surface area (Å²) in [5.41, 5.74) is 3.02. The number of benzene rings is 3. The SMILES string of the molecule is CCCCNCC(O)c1ccc(O)cc1.CCCCNCC(O)c1ccc(O)cc1.C[C@H]1c2cccc(O)c2C(=O)C2=C(O)[C@]3(O)C(=O)C(C(N)=O)=C(O)[C@@H](N(C)C)[C@@H]3[C@@H](O)[C@@H]21.O.O=S(=O)(O)O. The minimum Gasteiger partial charge on any atom is -0.510 e. The molecule has 22 heteroatoms. The summed E-state index contributed by atoms with van der Waals surface area (Å²) in [4.78, 5) is 39.8. The Morgan fingerprint density at radius 2 is 1.25 bits per heavy atom. The number of phenols is 3. The molecule has 68 heavy (non-hydrogen) atoms. The highest BCUT2D eigenvalue weighted by atomic mass is 32.3. The number of aliphatic hydroxyl groups excluding tert-OH is 5. The van der Waals surface area contributed by atoms with E-state index in [0.717, 1.165) is 49.9 Å². The number of Topliss-reactive ketones (excluding diaryl/α,β-unsaturated/α-hetero) is 2. The first-order valence-electron chi connectivity index (χ1n) is 21.5. The number of hydrogen-bond donors (Lipinski definition) is 14. The zero-order valence-corrected chi connectivity index (χ0v) is 39.3. The molecule has 3 aromatic carbocycles. The average molecular weight is 979 g/mol. The van der Waals surface area contributed by atoms with Gasteiger partial charge in [-0.3, -0.25) is 28.4 Å². The lowest BCUT2D eigenvalue weighted by atomic mass is 9.55. The van der Waals surface area contributed by atoms with Crippen LogP contribution in [0.5, 0.6) is 17.2 Å². The van der Waals surface area contributed by atoms with Crippen LogP contribution in [0.3, 0.4) is 0 Å². The van der Waals surface area contributed by atoms with E-state index in [-0.39, 0.29) is 28.3 Å². The van der Waals surface area contributed by atoms with Crippen molar-refractivity contribution in [3.8, 4) is 17.2 Å². The first-order chi connectivity index (χ1) is 31.3. The lowest BCUT2D eigenvalue weighted by Gasteiger charge is -2.53. The van der Waals surface area contributed by atoms with E-state index in [0.29, 0.717) is 18.7 Å². The molecule has 1 amide bonds. The van der Waals surface area contributed by atoms with Gasteiger partial charge >= 0.3 is 10.4 Å². The number of carbonyl (C=O) groups excluding carboxylic acids is 3. The summed E-state index contributed by atoms with van der Waals surface area (Å²) < 4.78 is 31.6. The number of unbranched alkanes of at least 4 members (excludes halogenated alkanes) is 2. The van der Waals surface area contributed by atoms with Gasteiger partial charge in [-0.15, -0.1) is 0 Å². The van der Waals surface area contributed by atoms with Gasteiger partial charge in [-0.1, -0.05) is 70.0 Å². The number of likely N-dealkylation sites (N-methyl/N-ethyl adjacent to an activating group) is 1. The monoisotopic (exact) mass is 978 g/mol. The number of aliphatic hydroxyl groups is 6. The van der Waals surface area contributed by atoms with E-state index < -0.39 is 98.2 Å². The zero-order valence-electron chi connectivity index (χ0n) is 38.4. The maximum absolute atomic E-state index is 13.3. The average Bonchev–Trinajstić information content (AvgIpc) is 3.25. The molecule has 0 bridgehead atoms. The van der Waals surface area contributed by atoms with Crippen LogP contribution in [-0.2, 0) is 20.0 Å². The third kappa shape index (κ3) is 14.3. The molecule has 0 heterocycles. The minimum atomic E-state index is -4.67. The molecule has 8 atom stereocenters. The van der Waals surface area contributed by atoms with E-state index in [1.165, 1.54) is 25.1 Å². The number of hydrogen-bond acceptors (Lipinski definition) is 17. The van der Waals surface area contributed by atoms with Crippen molar-refractivity contribution in [2.45, 2.75) is 82.3 Å². The lowest BCUT2D eigenvalue weighted by Crippen LogP contribution is -2.68. The summed E-state index contributed by atoms with van der Waals surface area (Å²) in [7, 11) is -1.69. The molecule has 378 valence electrons. The van der Waals surface area contributed by atoms with Gasteiger partial charge in [-0.2, -0.15) is 8.42 Å². The molecule has 3 aliphatic rings. The maximum Gasteiger partial charge on any atom is 0.394 e. The molecule has 0 spiro atoms. The normalized spacial score (nSPS) is 22.6. The largest absolute Gasteiger partial charge is 0.510 e. The molecule has 0 aliphatic heterocycles. The molecule has 21 nitrogen and oxygen atoms in total. The molecule has 3 aliphatic carbocycles. The predicted molar refractivity (Wildman–Crippen MR) is 249 cm³/mol. The molecular weight excluding hydrogens is 913 g/mol. The number of amides is 1. The van der Waals surface area contributed by atoms with Gasteiger partial charge < -0.3 is 67.8 Å². The summed E-state index contributed by atoms with van der Waals surface area (Å²) in [6.45, 7) is 8.94. The number of nitrogens with zero attached hydrogens (tertiary/aromatic N) is 1. The Labute approximate surface area is 394 Å². The Morgan fingerprint density at radius 3 is 1.65 bits per heavy atom. The van der Waals surface area contributed by atoms with Crippen LogP contribution in [-0.4, -0.2) is 149 Å². The summed E-state index contributed by atoms with van der Waals surface area (Å²) in [5.74, 6) is -8.41. The van der Waals surface area contributed by atoms with Gasteiger partial charge in [0.25, 0.3) is 5.91 Å². The van der Waals surface area contributed by atoms with Gasteiger partial charge in [-0.05, 0) is 93.0 Å². The number of nitrogens with two attached hydrogens (primary N) is 1. The second-order valence-electron chi connectivity index (χ2n) is 16.6. The number of carbonyl (C=O) groups is 3. The highest BCUT2D eigenvalue weighted by Crippen LogP contribution is 2.55. The number of aromatic hydroxyl groups is 3. The summed E-state index contributed by atoms with van der Waals surface area (Å²) in [6, 6.07) is 16.5. The van der Waals surface area contributed by atoms with Crippen LogP contribution in [0, 0.1) is 11.8 Å². The Balaban J connectivity index is 0.000000368. The van der Waals surface area contributed by atoms with Crippen LogP contribution in [0.1, 0.15) is 91.6 Å². The Kier molecular flexibility index (Phi) is 22.2. The van der Waals surface area contributed by atoms with E-state index >= 15 is 0 Å². The molecule has 3 aromatic rings. The van der Waals surface area contributed by atoms with Crippen molar-refractivity contribution >= 4 is 27.9 Å².